The van der Waals surface area contributed by atoms with Crippen molar-refractivity contribution in [2.45, 2.75) is 0 Å². The van der Waals surface area contributed by atoms with E-state index in [-0.39, 0.29) is 5.78 Å². The Hall–Kier alpha value is -1.87. The fourth-order valence-electron chi connectivity index (χ4n) is 1.55. The van der Waals surface area contributed by atoms with E-state index in [1.165, 1.54) is 0 Å². The van der Waals surface area contributed by atoms with Gasteiger partial charge in [-0.3, -0.25) is 4.79 Å². The molecule has 0 aliphatic carbocycles. The van der Waals surface area contributed by atoms with Crippen molar-refractivity contribution in [3.05, 3.63) is 65.7 Å². The van der Waals surface area contributed by atoms with E-state index in [0.717, 1.165) is 5.46 Å². The van der Waals surface area contributed by atoms with E-state index in [2.05, 4.69) is 0 Å². The second kappa shape index (κ2) is 4.77. The van der Waals surface area contributed by atoms with Crippen LogP contribution in [0.3, 0.4) is 0 Å². The third-order valence-corrected chi connectivity index (χ3v) is 2.49. The Morgan fingerprint density at radius 3 is 2.00 bits per heavy atom. The standard InChI is InChI=1S/C13H12BNO/c15-14-12-8-6-11(7-9-12)13(16)10-4-2-1-3-5-10/h1-9,14H,15H2. The summed E-state index contributed by atoms with van der Waals surface area (Å²) in [6.07, 6.45) is 0. The van der Waals surface area contributed by atoms with Crippen LogP contribution < -0.4 is 11.1 Å². The van der Waals surface area contributed by atoms with E-state index in [0.29, 0.717) is 18.5 Å². The largest absolute Gasteiger partial charge is 0.369 e. The first kappa shape index (κ1) is 10.6. The molecule has 0 fully saturated rings. The van der Waals surface area contributed by atoms with Gasteiger partial charge in [0, 0.05) is 11.1 Å². The summed E-state index contributed by atoms with van der Waals surface area (Å²) in [5.74, 6) is 0.0455. The van der Waals surface area contributed by atoms with E-state index in [1.807, 2.05) is 54.6 Å². The van der Waals surface area contributed by atoms with Crippen molar-refractivity contribution in [1.29, 1.82) is 0 Å². The minimum atomic E-state index is 0.0455. The van der Waals surface area contributed by atoms with Crippen LogP contribution in [0.15, 0.2) is 54.6 Å². The fourth-order valence-corrected chi connectivity index (χ4v) is 1.55. The number of carbonyl (C=O) groups is 1. The van der Waals surface area contributed by atoms with Crippen molar-refractivity contribution in [3.8, 4) is 0 Å². The first-order chi connectivity index (χ1) is 7.81. The van der Waals surface area contributed by atoms with Crippen LogP contribution in [0.2, 0.25) is 0 Å². The molecule has 0 aliphatic rings. The number of carbonyl (C=O) groups excluding carboxylic acids is 1. The lowest BCUT2D eigenvalue weighted by Crippen LogP contribution is -2.22. The minimum absolute atomic E-state index is 0.0455. The van der Waals surface area contributed by atoms with Gasteiger partial charge in [-0.25, -0.2) is 0 Å². The lowest BCUT2D eigenvalue weighted by Gasteiger charge is -2.01. The van der Waals surface area contributed by atoms with Crippen LogP contribution in [-0.2, 0) is 0 Å². The monoisotopic (exact) mass is 209 g/mol. The lowest BCUT2D eigenvalue weighted by molar-refractivity contribution is 0.103. The normalized spacial score (nSPS) is 9.81. The molecule has 2 nitrogen and oxygen atoms in total. The highest BCUT2D eigenvalue weighted by Gasteiger charge is 2.07. The molecule has 0 aliphatic heterocycles. The first-order valence-electron chi connectivity index (χ1n) is 5.20. The molecule has 16 heavy (non-hydrogen) atoms. The Labute approximate surface area is 95.4 Å². The number of ketones is 1. The predicted molar refractivity (Wildman–Crippen MR) is 67.3 cm³/mol. The Bertz CT molecular complexity index is 479. The molecule has 0 aromatic heterocycles. The van der Waals surface area contributed by atoms with Crippen molar-refractivity contribution < 1.29 is 4.79 Å². The van der Waals surface area contributed by atoms with Crippen LogP contribution in [0.4, 0.5) is 0 Å². The highest BCUT2D eigenvalue weighted by molar-refractivity contribution is 6.49. The second-order valence-corrected chi connectivity index (χ2v) is 3.60. The maximum atomic E-state index is 12.0. The quantitative estimate of drug-likeness (QED) is 0.601. The number of hydrogen-bond donors (Lipinski definition) is 1. The molecule has 0 bridgehead atoms. The van der Waals surface area contributed by atoms with Gasteiger partial charge in [0.05, 0.1) is 0 Å². The molecule has 0 heterocycles. The van der Waals surface area contributed by atoms with Gasteiger partial charge in [-0.1, -0.05) is 60.1 Å². The van der Waals surface area contributed by atoms with Crippen LogP contribution in [-0.4, -0.2) is 13.2 Å². The summed E-state index contributed by atoms with van der Waals surface area (Å²) >= 11 is 0. The summed E-state index contributed by atoms with van der Waals surface area (Å²) in [7, 11) is 0.500. The van der Waals surface area contributed by atoms with Gasteiger partial charge in [-0.05, 0) is 0 Å². The zero-order valence-electron chi connectivity index (χ0n) is 8.89. The van der Waals surface area contributed by atoms with Gasteiger partial charge >= 0.3 is 0 Å². The van der Waals surface area contributed by atoms with E-state index < -0.39 is 0 Å². The van der Waals surface area contributed by atoms with Gasteiger partial charge in [-0.15, -0.1) is 0 Å². The molecule has 0 saturated carbocycles. The summed E-state index contributed by atoms with van der Waals surface area (Å²) in [5.41, 5.74) is 7.94. The maximum Gasteiger partial charge on any atom is 0.233 e. The molecular weight excluding hydrogens is 197 g/mol. The molecule has 2 N–H and O–H groups in total. The molecule has 3 heteroatoms. The molecule has 0 unspecified atom stereocenters. The third kappa shape index (κ3) is 2.20. The Balaban J connectivity index is 2.28. The zero-order valence-corrected chi connectivity index (χ0v) is 8.89. The lowest BCUT2D eigenvalue weighted by atomic mass is 9.84. The second-order valence-electron chi connectivity index (χ2n) is 3.60. The van der Waals surface area contributed by atoms with Gasteiger partial charge in [0.25, 0.3) is 0 Å². The van der Waals surface area contributed by atoms with Crippen LogP contribution >= 0.6 is 0 Å². The number of hydrogen-bond acceptors (Lipinski definition) is 2. The van der Waals surface area contributed by atoms with Crippen molar-refractivity contribution >= 4 is 18.7 Å². The highest BCUT2D eigenvalue weighted by Crippen LogP contribution is 2.07. The molecule has 78 valence electrons. The Morgan fingerprint density at radius 2 is 1.44 bits per heavy atom. The third-order valence-electron chi connectivity index (χ3n) is 2.49. The van der Waals surface area contributed by atoms with Gasteiger partial charge in [0.15, 0.2) is 5.78 Å². The van der Waals surface area contributed by atoms with Crippen LogP contribution in [0, 0.1) is 0 Å². The van der Waals surface area contributed by atoms with E-state index >= 15 is 0 Å². The summed E-state index contributed by atoms with van der Waals surface area (Å²) in [6.45, 7) is 0. The smallest absolute Gasteiger partial charge is 0.233 e. The molecular formula is C13H12BNO. The van der Waals surface area contributed by atoms with Gasteiger partial charge in [0.2, 0.25) is 7.41 Å². The molecule has 0 atom stereocenters. The molecule has 2 rings (SSSR count). The Morgan fingerprint density at radius 1 is 0.875 bits per heavy atom. The number of benzene rings is 2. The van der Waals surface area contributed by atoms with E-state index in [1.54, 1.807) is 0 Å². The SMILES string of the molecule is NBc1ccc(C(=O)c2ccccc2)cc1. The average Bonchev–Trinajstić information content (AvgIpc) is 2.39. The minimum Gasteiger partial charge on any atom is -0.369 e. The predicted octanol–water partition coefficient (Wildman–Crippen LogP) is 0.853. The van der Waals surface area contributed by atoms with Gasteiger partial charge in [0.1, 0.15) is 0 Å². The maximum absolute atomic E-state index is 12.0. The highest BCUT2D eigenvalue weighted by atomic mass is 16.1. The Kier molecular flexibility index (Phi) is 3.17. The molecule has 0 amide bonds. The van der Waals surface area contributed by atoms with Crippen molar-refractivity contribution in [2.75, 3.05) is 0 Å². The van der Waals surface area contributed by atoms with Gasteiger partial charge < -0.3 is 5.64 Å². The van der Waals surface area contributed by atoms with E-state index in [4.69, 9.17) is 5.64 Å². The molecule has 2 aromatic carbocycles. The fraction of sp³-hybridized carbons (Fsp3) is 0. The van der Waals surface area contributed by atoms with Crippen molar-refractivity contribution in [1.82, 2.24) is 0 Å². The first-order valence-corrected chi connectivity index (χ1v) is 5.20. The zero-order chi connectivity index (χ0) is 11.4. The van der Waals surface area contributed by atoms with E-state index in [9.17, 15) is 4.79 Å². The summed E-state index contributed by atoms with van der Waals surface area (Å²) in [6, 6.07) is 16.7. The average molecular weight is 209 g/mol. The molecule has 0 radical (unpaired) electrons. The van der Waals surface area contributed by atoms with Crippen LogP contribution in [0.25, 0.3) is 0 Å². The number of nitrogens with two attached hydrogens (primary N) is 1. The summed E-state index contributed by atoms with van der Waals surface area (Å²) in [5, 5.41) is 0. The molecule has 0 saturated heterocycles. The summed E-state index contributed by atoms with van der Waals surface area (Å²) in [4.78, 5) is 12.0. The molecule has 0 spiro atoms. The summed E-state index contributed by atoms with van der Waals surface area (Å²) < 4.78 is 0. The van der Waals surface area contributed by atoms with Gasteiger partial charge in [-0.2, -0.15) is 0 Å². The van der Waals surface area contributed by atoms with Crippen LogP contribution in [0.5, 0.6) is 0 Å². The number of rotatable bonds is 3. The van der Waals surface area contributed by atoms with Crippen LogP contribution in [0.1, 0.15) is 15.9 Å². The van der Waals surface area contributed by atoms with Crippen molar-refractivity contribution in [3.63, 3.8) is 0 Å². The molecule has 2 aromatic rings. The van der Waals surface area contributed by atoms with Crippen molar-refractivity contribution in [2.24, 2.45) is 5.64 Å². The topological polar surface area (TPSA) is 43.1 Å².